The third-order valence-corrected chi connectivity index (χ3v) is 10.1. The van der Waals surface area contributed by atoms with Gasteiger partial charge in [-0.3, -0.25) is 0 Å². The summed E-state index contributed by atoms with van der Waals surface area (Å²) in [4.78, 5) is 0. The van der Waals surface area contributed by atoms with Gasteiger partial charge in [0.1, 0.15) is 23.5 Å². The maximum absolute atomic E-state index is 15.1. The molecule has 2 nitrogen and oxygen atoms in total. The summed E-state index contributed by atoms with van der Waals surface area (Å²) in [5, 5.41) is 8.88. The van der Waals surface area contributed by atoms with Crippen LogP contribution in [-0.2, 0) is 0 Å². The second-order valence-electron chi connectivity index (χ2n) is 12.4. The molecule has 0 bridgehead atoms. The van der Waals surface area contributed by atoms with Gasteiger partial charge in [-0.15, -0.1) is 0 Å². The lowest BCUT2D eigenvalue weighted by Crippen LogP contribution is -2.38. The molecule has 39 heavy (non-hydrogen) atoms. The van der Waals surface area contributed by atoms with Crippen molar-refractivity contribution in [2.75, 3.05) is 0 Å². The number of benzene rings is 2. The molecule has 0 heterocycles. The summed E-state index contributed by atoms with van der Waals surface area (Å²) in [5.74, 6) is 1.16. The second kappa shape index (κ2) is 11.9. The number of halogens is 4. The average molecular weight is 542 g/mol. The van der Waals surface area contributed by atoms with Crippen LogP contribution in [0, 0.1) is 58.5 Å². The maximum atomic E-state index is 15.1. The Kier molecular flexibility index (Phi) is 8.55. The van der Waals surface area contributed by atoms with Gasteiger partial charge in [0.05, 0.1) is 11.5 Å². The van der Waals surface area contributed by atoms with Crippen LogP contribution in [0.4, 0.5) is 17.6 Å². The molecule has 3 saturated carbocycles. The lowest BCUT2D eigenvalue weighted by Gasteiger charge is -2.41. The Morgan fingerprint density at radius 1 is 0.718 bits per heavy atom. The van der Waals surface area contributed by atoms with Gasteiger partial charge in [-0.1, -0.05) is 25.8 Å². The van der Waals surface area contributed by atoms with E-state index in [0.717, 1.165) is 42.7 Å². The molecule has 0 atom stereocenters. The van der Waals surface area contributed by atoms with E-state index in [1.54, 1.807) is 6.07 Å². The van der Waals surface area contributed by atoms with Crippen molar-refractivity contribution in [2.24, 2.45) is 35.5 Å². The molecule has 0 N–H and O–H groups in total. The molecule has 0 saturated heterocycles. The monoisotopic (exact) mass is 541 g/mol. The molecule has 0 aromatic heterocycles. The third kappa shape index (κ3) is 6.44. The molecule has 0 spiro atoms. The van der Waals surface area contributed by atoms with E-state index in [2.05, 4.69) is 6.92 Å². The number of nitriles is 1. The first-order chi connectivity index (χ1) is 18.7. The smallest absolute Gasteiger partial charge is 0.400 e. The Morgan fingerprint density at radius 2 is 1.26 bits per heavy atom. The van der Waals surface area contributed by atoms with Gasteiger partial charge in [-0.2, -0.15) is 14.0 Å². The molecule has 2 aromatic carbocycles. The largest absolute Gasteiger partial charge is 0.432 e. The zero-order valence-corrected chi connectivity index (χ0v) is 22.8. The minimum absolute atomic E-state index is 0.0577. The van der Waals surface area contributed by atoms with Crippen molar-refractivity contribution in [2.45, 2.75) is 90.1 Å². The van der Waals surface area contributed by atoms with Gasteiger partial charge in [-0.05, 0) is 124 Å². The Bertz CT molecular complexity index is 1170. The van der Waals surface area contributed by atoms with Crippen molar-refractivity contribution in [3.8, 4) is 22.9 Å². The lowest BCUT2D eigenvalue weighted by atomic mass is 9.65. The van der Waals surface area contributed by atoms with E-state index < -0.39 is 23.7 Å². The van der Waals surface area contributed by atoms with E-state index in [0.29, 0.717) is 24.7 Å². The summed E-state index contributed by atoms with van der Waals surface area (Å²) in [7, 11) is 0. The summed E-state index contributed by atoms with van der Waals surface area (Å²) in [6.07, 6.45) is 9.68. The molecule has 6 heteroatoms. The summed E-state index contributed by atoms with van der Waals surface area (Å²) >= 11 is 0. The summed E-state index contributed by atoms with van der Waals surface area (Å²) in [6.45, 7) is 2.37. The first-order valence-corrected chi connectivity index (χ1v) is 14.8. The fourth-order valence-electron chi connectivity index (χ4n) is 7.58. The molecule has 3 aliphatic carbocycles. The highest BCUT2D eigenvalue weighted by Crippen LogP contribution is 2.48. The van der Waals surface area contributed by atoms with Crippen LogP contribution >= 0.6 is 0 Å². The van der Waals surface area contributed by atoms with Crippen LogP contribution in [0.2, 0.25) is 0 Å². The highest BCUT2D eigenvalue weighted by Gasteiger charge is 2.45. The number of hydrogen-bond acceptors (Lipinski definition) is 2. The van der Waals surface area contributed by atoms with Crippen molar-refractivity contribution in [1.29, 1.82) is 5.26 Å². The Balaban J connectivity index is 1.12. The van der Waals surface area contributed by atoms with Crippen LogP contribution in [0.15, 0.2) is 36.4 Å². The number of rotatable bonds is 6. The van der Waals surface area contributed by atoms with Crippen LogP contribution in [0.3, 0.4) is 0 Å². The highest BCUT2D eigenvalue weighted by molar-refractivity contribution is 5.66. The average Bonchev–Trinajstić information content (AvgIpc) is 2.93. The van der Waals surface area contributed by atoms with Crippen LogP contribution in [0.25, 0.3) is 11.1 Å². The lowest BCUT2D eigenvalue weighted by molar-refractivity contribution is -0.224. The van der Waals surface area contributed by atoms with Crippen molar-refractivity contribution in [3.63, 3.8) is 0 Å². The molecule has 0 unspecified atom stereocenters. The molecule has 3 aliphatic rings. The van der Waals surface area contributed by atoms with Gasteiger partial charge in [0, 0.05) is 11.6 Å². The van der Waals surface area contributed by atoms with Crippen LogP contribution in [-0.4, -0.2) is 6.11 Å². The van der Waals surface area contributed by atoms with E-state index in [1.165, 1.54) is 75.6 Å². The fourth-order valence-corrected chi connectivity index (χ4v) is 7.58. The maximum Gasteiger partial charge on any atom is 0.400 e. The first-order valence-electron chi connectivity index (χ1n) is 14.8. The van der Waals surface area contributed by atoms with Gasteiger partial charge in [0.15, 0.2) is 0 Å². The molecule has 210 valence electrons. The topological polar surface area (TPSA) is 33.0 Å². The second-order valence-corrected chi connectivity index (χ2v) is 12.4. The molecular formula is C33H39F4NO. The summed E-state index contributed by atoms with van der Waals surface area (Å²) in [5.41, 5.74) is 0.139. The summed E-state index contributed by atoms with van der Waals surface area (Å²) < 4.78 is 64.0. The fraction of sp³-hybridized carbons (Fsp3) is 0.606. The predicted molar refractivity (Wildman–Crippen MR) is 144 cm³/mol. The molecule has 0 aliphatic heterocycles. The van der Waals surface area contributed by atoms with Gasteiger partial charge in [-0.25, -0.2) is 8.78 Å². The minimum atomic E-state index is -3.38. The number of hydrogen-bond donors (Lipinski definition) is 0. The summed E-state index contributed by atoms with van der Waals surface area (Å²) in [6, 6.07) is 9.00. The van der Waals surface area contributed by atoms with Gasteiger partial charge in [0.2, 0.25) is 0 Å². The number of nitrogens with zero attached hydrogens (tertiary/aromatic N) is 1. The molecular weight excluding hydrogens is 502 g/mol. The van der Waals surface area contributed by atoms with E-state index in [4.69, 9.17) is 10.00 Å². The zero-order valence-electron chi connectivity index (χ0n) is 22.8. The number of alkyl halides is 2. The minimum Gasteiger partial charge on any atom is -0.432 e. The third-order valence-electron chi connectivity index (χ3n) is 10.1. The van der Waals surface area contributed by atoms with Crippen LogP contribution in [0.5, 0.6) is 5.75 Å². The first kappa shape index (κ1) is 28.0. The quantitative estimate of drug-likeness (QED) is 0.341. The molecule has 3 fully saturated rings. The Labute approximate surface area is 229 Å². The molecule has 0 amide bonds. The van der Waals surface area contributed by atoms with E-state index in [-0.39, 0.29) is 22.4 Å². The van der Waals surface area contributed by atoms with Crippen molar-refractivity contribution in [3.05, 3.63) is 53.6 Å². The molecule has 2 aromatic rings. The van der Waals surface area contributed by atoms with E-state index in [9.17, 15) is 8.78 Å². The SMILES string of the molecule is CC1CCC(C2CCC(C3CCC(C(F)(F)Oc4ccc(-c5ccc(C#N)c(F)c5)c(F)c4)CC3)CC2)CC1. The van der Waals surface area contributed by atoms with Gasteiger partial charge in [0.25, 0.3) is 0 Å². The van der Waals surface area contributed by atoms with Crippen molar-refractivity contribution < 1.29 is 22.3 Å². The normalized spacial score (nSPS) is 29.9. The predicted octanol–water partition coefficient (Wildman–Crippen LogP) is 9.91. The standard InChI is InChI=1S/C33H39F4NO/c1-21-2-4-22(5-3-21)23-6-8-24(9-7-23)25-12-14-28(15-13-25)33(36,37)39-29-16-17-30(32(35)19-29)26-10-11-27(20-38)31(34)18-26/h10-11,16-19,21-25,28H,2-9,12-15H2,1H3. The van der Waals surface area contributed by atoms with E-state index in [1.807, 2.05) is 0 Å². The molecule has 5 rings (SSSR count). The Hall–Kier alpha value is -2.55. The number of ether oxygens (including phenoxy) is 1. The zero-order chi connectivity index (χ0) is 27.6. The highest BCUT2D eigenvalue weighted by atomic mass is 19.3. The van der Waals surface area contributed by atoms with Gasteiger partial charge < -0.3 is 4.74 Å². The van der Waals surface area contributed by atoms with Crippen molar-refractivity contribution in [1.82, 2.24) is 0 Å². The Morgan fingerprint density at radius 3 is 1.77 bits per heavy atom. The van der Waals surface area contributed by atoms with Crippen LogP contribution in [0.1, 0.15) is 89.5 Å². The van der Waals surface area contributed by atoms with Crippen molar-refractivity contribution >= 4 is 0 Å². The van der Waals surface area contributed by atoms with Gasteiger partial charge >= 0.3 is 6.11 Å². The van der Waals surface area contributed by atoms with Crippen LogP contribution < -0.4 is 4.74 Å². The molecule has 0 radical (unpaired) electrons. The van der Waals surface area contributed by atoms with E-state index >= 15 is 8.78 Å².